The fourth-order valence-corrected chi connectivity index (χ4v) is 1.91. The van der Waals surface area contributed by atoms with Gasteiger partial charge in [0.15, 0.2) is 0 Å². The fraction of sp³-hybridized carbons (Fsp3) is 0.615. The largest absolute Gasteiger partial charge is 0.266 e. The Morgan fingerprint density at radius 3 is 2.71 bits per heavy atom. The lowest BCUT2D eigenvalue weighted by atomic mass is 10.0. The van der Waals surface area contributed by atoms with Crippen molar-refractivity contribution in [2.24, 2.45) is 10.9 Å². The highest BCUT2D eigenvalue weighted by molar-refractivity contribution is 5.82. The van der Waals surface area contributed by atoms with E-state index in [1.165, 1.54) is 42.5 Å². The van der Waals surface area contributed by atoms with Gasteiger partial charge in [0.25, 0.3) is 0 Å². The Labute approximate surface area is 86.6 Å². The maximum Gasteiger partial charge on any atom is 0.0301 e. The molecule has 1 fully saturated rings. The summed E-state index contributed by atoms with van der Waals surface area (Å²) >= 11 is 0. The van der Waals surface area contributed by atoms with E-state index < -0.39 is 0 Å². The molecule has 0 N–H and O–H groups in total. The molecule has 1 aliphatic heterocycles. The molecule has 0 amide bonds. The van der Waals surface area contributed by atoms with Crippen molar-refractivity contribution in [3.8, 4) is 0 Å². The van der Waals surface area contributed by atoms with Gasteiger partial charge in [-0.2, -0.15) is 0 Å². The van der Waals surface area contributed by atoms with Gasteiger partial charge in [0.1, 0.15) is 0 Å². The summed E-state index contributed by atoms with van der Waals surface area (Å²) < 4.78 is 0. The Hall–Kier alpha value is -0.850. The van der Waals surface area contributed by atoms with Crippen molar-refractivity contribution in [3.05, 3.63) is 23.4 Å². The Morgan fingerprint density at radius 2 is 2.00 bits per heavy atom. The number of nitrogens with zero attached hydrogens (tertiary/aromatic N) is 1. The van der Waals surface area contributed by atoms with Crippen LogP contribution in [0, 0.1) is 5.92 Å². The van der Waals surface area contributed by atoms with E-state index in [9.17, 15) is 0 Å². The van der Waals surface area contributed by atoms with E-state index >= 15 is 0 Å². The van der Waals surface area contributed by atoms with Gasteiger partial charge in [0, 0.05) is 11.9 Å². The number of hydrogen-bond acceptors (Lipinski definition) is 1. The Morgan fingerprint density at radius 1 is 1.21 bits per heavy atom. The standard InChI is InChI=1S/C13H19N/c1-10-4-3-5-11(2)14-9-13(8-10)12-6-7-12/h8-9,12H,3-7H2,1-2H3/b10-8?,13-9-,14-11?. The molecule has 0 radical (unpaired) electrons. The van der Waals surface area contributed by atoms with E-state index in [2.05, 4.69) is 31.1 Å². The highest BCUT2D eigenvalue weighted by Gasteiger charge is 2.24. The second-order valence-corrected chi connectivity index (χ2v) is 4.61. The lowest BCUT2D eigenvalue weighted by molar-refractivity contribution is 0.851. The van der Waals surface area contributed by atoms with Crippen LogP contribution in [-0.2, 0) is 0 Å². The van der Waals surface area contributed by atoms with E-state index in [0.29, 0.717) is 0 Å². The molecule has 2 rings (SSSR count). The van der Waals surface area contributed by atoms with Gasteiger partial charge in [0.05, 0.1) is 0 Å². The van der Waals surface area contributed by atoms with Crippen LogP contribution in [-0.4, -0.2) is 5.71 Å². The summed E-state index contributed by atoms with van der Waals surface area (Å²) in [5.74, 6) is 0.819. The van der Waals surface area contributed by atoms with E-state index in [-0.39, 0.29) is 0 Å². The minimum atomic E-state index is 0.819. The van der Waals surface area contributed by atoms with E-state index in [0.717, 1.165) is 12.3 Å². The summed E-state index contributed by atoms with van der Waals surface area (Å²) in [6.45, 7) is 4.39. The molecule has 0 spiro atoms. The number of hydrogen-bond donors (Lipinski definition) is 0. The molecular formula is C13H19N. The average molecular weight is 189 g/mol. The highest BCUT2D eigenvalue weighted by atomic mass is 14.7. The van der Waals surface area contributed by atoms with Crippen molar-refractivity contribution in [2.75, 3.05) is 0 Å². The van der Waals surface area contributed by atoms with Crippen LogP contribution in [0.3, 0.4) is 0 Å². The molecule has 0 aromatic carbocycles. The molecule has 0 atom stereocenters. The minimum Gasteiger partial charge on any atom is -0.266 e. The number of rotatable bonds is 1. The fourth-order valence-electron chi connectivity index (χ4n) is 1.91. The molecule has 1 aliphatic carbocycles. The first-order valence-corrected chi connectivity index (χ1v) is 5.66. The van der Waals surface area contributed by atoms with Gasteiger partial charge in [-0.15, -0.1) is 0 Å². The zero-order valence-corrected chi connectivity index (χ0v) is 9.21. The summed E-state index contributed by atoms with van der Waals surface area (Å²) in [7, 11) is 0. The van der Waals surface area contributed by atoms with Crippen LogP contribution in [0.5, 0.6) is 0 Å². The van der Waals surface area contributed by atoms with Gasteiger partial charge in [-0.25, -0.2) is 0 Å². The first kappa shape index (κ1) is 9.70. The molecule has 1 nitrogen and oxygen atoms in total. The van der Waals surface area contributed by atoms with Crippen LogP contribution in [0.1, 0.15) is 46.0 Å². The third kappa shape index (κ3) is 2.57. The molecule has 1 heterocycles. The van der Waals surface area contributed by atoms with E-state index in [4.69, 9.17) is 0 Å². The topological polar surface area (TPSA) is 12.4 Å². The third-order valence-electron chi connectivity index (χ3n) is 3.01. The Balaban J connectivity index is 2.21. The quantitative estimate of drug-likeness (QED) is 0.593. The van der Waals surface area contributed by atoms with Gasteiger partial charge >= 0.3 is 0 Å². The van der Waals surface area contributed by atoms with Crippen LogP contribution in [0.25, 0.3) is 0 Å². The summed E-state index contributed by atoms with van der Waals surface area (Å²) in [5.41, 5.74) is 4.27. The number of aliphatic imine (C=N–C) groups is 1. The number of allylic oxidation sites excluding steroid dienone is 3. The van der Waals surface area contributed by atoms with Gasteiger partial charge in [0.2, 0.25) is 0 Å². The zero-order valence-electron chi connectivity index (χ0n) is 9.21. The first-order chi connectivity index (χ1) is 6.75. The SMILES string of the molecule is CC1=C/C(C2CC2)=C/N=C(C)CCC1. The van der Waals surface area contributed by atoms with Gasteiger partial charge in [-0.3, -0.25) is 4.99 Å². The molecule has 1 saturated carbocycles. The highest BCUT2D eigenvalue weighted by Crippen LogP contribution is 2.38. The normalized spacial score (nSPS) is 27.7. The molecule has 0 aromatic rings. The molecule has 14 heavy (non-hydrogen) atoms. The molecule has 0 unspecified atom stereocenters. The van der Waals surface area contributed by atoms with E-state index in [1.54, 1.807) is 0 Å². The maximum atomic E-state index is 4.53. The van der Waals surface area contributed by atoms with Crippen LogP contribution in [0.4, 0.5) is 0 Å². The smallest absolute Gasteiger partial charge is 0.0301 e. The Bertz CT molecular complexity index is 303. The van der Waals surface area contributed by atoms with Gasteiger partial charge < -0.3 is 0 Å². The van der Waals surface area contributed by atoms with Crippen molar-refractivity contribution in [1.29, 1.82) is 0 Å². The van der Waals surface area contributed by atoms with Gasteiger partial charge in [-0.05, 0) is 57.4 Å². The summed E-state index contributed by atoms with van der Waals surface area (Å²) in [6, 6.07) is 0. The summed E-state index contributed by atoms with van der Waals surface area (Å²) in [6.07, 6.45) is 10.8. The zero-order chi connectivity index (χ0) is 9.97. The first-order valence-electron chi connectivity index (χ1n) is 5.66. The molecule has 0 saturated heterocycles. The van der Waals surface area contributed by atoms with Crippen molar-refractivity contribution >= 4 is 5.71 Å². The van der Waals surface area contributed by atoms with E-state index in [1.807, 2.05) is 0 Å². The molecule has 2 aliphatic rings. The molecular weight excluding hydrogens is 170 g/mol. The lowest BCUT2D eigenvalue weighted by Crippen LogP contribution is -1.89. The van der Waals surface area contributed by atoms with Crippen molar-refractivity contribution in [3.63, 3.8) is 0 Å². The predicted octanol–water partition coefficient (Wildman–Crippen LogP) is 3.87. The average Bonchev–Trinajstić information content (AvgIpc) is 2.94. The summed E-state index contributed by atoms with van der Waals surface area (Å²) in [5, 5.41) is 0. The third-order valence-corrected chi connectivity index (χ3v) is 3.01. The van der Waals surface area contributed by atoms with Crippen LogP contribution >= 0.6 is 0 Å². The molecule has 1 heteroatoms. The second-order valence-electron chi connectivity index (χ2n) is 4.61. The van der Waals surface area contributed by atoms with Crippen LogP contribution in [0.2, 0.25) is 0 Å². The Kier molecular flexibility index (Phi) is 2.85. The van der Waals surface area contributed by atoms with Crippen molar-refractivity contribution in [2.45, 2.75) is 46.0 Å². The minimum absolute atomic E-state index is 0.819. The molecule has 0 aromatic heterocycles. The second kappa shape index (κ2) is 4.12. The predicted molar refractivity (Wildman–Crippen MR) is 61.5 cm³/mol. The van der Waals surface area contributed by atoms with Crippen molar-refractivity contribution < 1.29 is 0 Å². The maximum absolute atomic E-state index is 4.53. The molecule has 0 bridgehead atoms. The summed E-state index contributed by atoms with van der Waals surface area (Å²) in [4.78, 5) is 4.53. The van der Waals surface area contributed by atoms with Crippen LogP contribution < -0.4 is 0 Å². The lowest BCUT2D eigenvalue weighted by Gasteiger charge is -2.00. The monoisotopic (exact) mass is 189 g/mol. The van der Waals surface area contributed by atoms with Gasteiger partial charge in [-0.1, -0.05) is 11.6 Å². The van der Waals surface area contributed by atoms with Crippen LogP contribution in [0.15, 0.2) is 28.4 Å². The van der Waals surface area contributed by atoms with Crippen molar-refractivity contribution in [1.82, 2.24) is 0 Å². The molecule has 76 valence electrons.